The second-order valence-electron chi connectivity index (χ2n) is 9.81. The molecule has 1 aromatic carbocycles. The summed E-state index contributed by atoms with van der Waals surface area (Å²) in [6, 6.07) is 8.55. The first kappa shape index (κ1) is 24.9. The first-order valence-corrected chi connectivity index (χ1v) is 13.1. The highest BCUT2D eigenvalue weighted by Gasteiger charge is 2.33. The minimum atomic E-state index is -2.79. The number of morpholine rings is 1. The van der Waals surface area contributed by atoms with Gasteiger partial charge in [-0.25, -0.2) is 13.8 Å². The van der Waals surface area contributed by atoms with Crippen LogP contribution in [0.25, 0.3) is 16.9 Å². The lowest BCUT2D eigenvalue weighted by Gasteiger charge is -2.27. The number of carbonyl (C=O) groups is 1. The Morgan fingerprint density at radius 3 is 2.71 bits per heavy atom. The van der Waals surface area contributed by atoms with Crippen molar-refractivity contribution in [3.05, 3.63) is 36.2 Å². The number of para-hydroxylation sites is 2. The number of nitrogens with zero attached hydrogens (tertiary/aromatic N) is 6. The van der Waals surface area contributed by atoms with Crippen LogP contribution in [0.2, 0.25) is 0 Å². The number of benzene rings is 1. The first-order valence-electron chi connectivity index (χ1n) is 13.1. The van der Waals surface area contributed by atoms with Gasteiger partial charge in [-0.05, 0) is 31.4 Å². The van der Waals surface area contributed by atoms with Crippen LogP contribution in [0.5, 0.6) is 5.88 Å². The van der Waals surface area contributed by atoms with E-state index in [1.165, 1.54) is 4.57 Å². The maximum absolute atomic E-state index is 14.0. The summed E-state index contributed by atoms with van der Waals surface area (Å²) >= 11 is 0. The Labute approximate surface area is 218 Å². The van der Waals surface area contributed by atoms with Crippen LogP contribution in [-0.4, -0.2) is 89.0 Å². The van der Waals surface area contributed by atoms with E-state index in [1.807, 2.05) is 9.80 Å². The second kappa shape index (κ2) is 10.8. The molecule has 2 atom stereocenters. The summed E-state index contributed by atoms with van der Waals surface area (Å²) in [5.41, 5.74) is 0.984. The van der Waals surface area contributed by atoms with Crippen molar-refractivity contribution in [2.45, 2.75) is 31.8 Å². The van der Waals surface area contributed by atoms with Crippen LogP contribution in [0.15, 0.2) is 30.3 Å². The van der Waals surface area contributed by atoms with Crippen LogP contribution in [0.1, 0.15) is 31.5 Å². The number of hydrogen-bond acceptors (Lipinski definition) is 8. The zero-order chi connectivity index (χ0) is 26.1. The summed E-state index contributed by atoms with van der Waals surface area (Å²) in [5, 5.41) is 0. The number of imidazole rings is 1. The van der Waals surface area contributed by atoms with E-state index in [1.54, 1.807) is 30.3 Å². The van der Waals surface area contributed by atoms with Gasteiger partial charge in [-0.15, -0.1) is 0 Å². The van der Waals surface area contributed by atoms with Crippen molar-refractivity contribution in [1.82, 2.24) is 24.4 Å². The number of anilines is 1. The zero-order valence-corrected chi connectivity index (χ0v) is 21.0. The molecule has 0 bridgehead atoms. The summed E-state index contributed by atoms with van der Waals surface area (Å²) in [6.07, 6.45) is -0.621. The van der Waals surface area contributed by atoms with Crippen molar-refractivity contribution in [3.63, 3.8) is 0 Å². The van der Waals surface area contributed by atoms with Crippen molar-refractivity contribution < 1.29 is 27.8 Å². The number of hydrogen-bond donors (Lipinski definition) is 0. The number of alkyl halides is 2. The van der Waals surface area contributed by atoms with E-state index in [0.29, 0.717) is 75.5 Å². The lowest BCUT2D eigenvalue weighted by atomic mass is 10.1. The van der Waals surface area contributed by atoms with Crippen molar-refractivity contribution in [2.24, 2.45) is 5.92 Å². The summed E-state index contributed by atoms with van der Waals surface area (Å²) < 4.78 is 46.6. The van der Waals surface area contributed by atoms with Crippen LogP contribution >= 0.6 is 0 Å². The molecule has 38 heavy (non-hydrogen) atoms. The highest BCUT2D eigenvalue weighted by Crippen LogP contribution is 2.30. The number of carbonyl (C=O) groups excluding carboxylic acids is 1. The van der Waals surface area contributed by atoms with Crippen LogP contribution in [0, 0.1) is 5.92 Å². The van der Waals surface area contributed by atoms with Gasteiger partial charge in [0.2, 0.25) is 11.8 Å². The first-order chi connectivity index (χ1) is 18.6. The molecule has 202 valence electrons. The monoisotopic (exact) mass is 528 g/mol. The average molecular weight is 529 g/mol. The lowest BCUT2D eigenvalue weighted by molar-refractivity contribution is -0.139. The molecule has 6 rings (SSSR count). The number of rotatable bonds is 7. The van der Waals surface area contributed by atoms with Gasteiger partial charge in [0.25, 0.3) is 12.3 Å². The standard InChI is InChI=1S/C26H30F2N6O4/c27-23(28)24-29-18-4-1-2-5-19(18)34(24)21-14-22(31-26(30-21)32-9-12-36-13-10-32)38-16-17-7-8-33(15-17)25(35)20-6-3-11-37-20/h1-2,4-5,14,17,20,23H,3,6-13,15-16H2/t17-,20+/m0/s1. The Kier molecular flexibility index (Phi) is 7.07. The molecule has 0 spiro atoms. The van der Waals surface area contributed by atoms with Gasteiger partial charge >= 0.3 is 0 Å². The molecule has 3 fully saturated rings. The minimum Gasteiger partial charge on any atom is -0.477 e. The fraction of sp³-hybridized carbons (Fsp3) is 0.538. The van der Waals surface area contributed by atoms with E-state index in [2.05, 4.69) is 15.0 Å². The van der Waals surface area contributed by atoms with Crippen LogP contribution < -0.4 is 9.64 Å². The van der Waals surface area contributed by atoms with Crippen LogP contribution in [-0.2, 0) is 14.3 Å². The largest absolute Gasteiger partial charge is 0.477 e. The Morgan fingerprint density at radius 1 is 1.08 bits per heavy atom. The van der Waals surface area contributed by atoms with Crippen molar-refractivity contribution in [2.75, 3.05) is 57.5 Å². The van der Waals surface area contributed by atoms with Gasteiger partial charge in [0.05, 0.1) is 30.9 Å². The fourth-order valence-corrected chi connectivity index (χ4v) is 5.27. The molecule has 0 unspecified atom stereocenters. The average Bonchev–Trinajstić information content (AvgIpc) is 3.72. The number of fused-ring (bicyclic) bond motifs is 1. The maximum atomic E-state index is 14.0. The Balaban J connectivity index is 1.26. The zero-order valence-electron chi connectivity index (χ0n) is 21.0. The Hall–Kier alpha value is -3.38. The van der Waals surface area contributed by atoms with E-state index in [0.717, 1.165) is 19.3 Å². The molecule has 0 aliphatic carbocycles. The van der Waals surface area contributed by atoms with Crippen molar-refractivity contribution in [3.8, 4) is 11.7 Å². The molecule has 3 aliphatic heterocycles. The normalized spacial score (nSPS) is 22.1. The molecule has 0 radical (unpaired) electrons. The molecule has 10 nitrogen and oxygen atoms in total. The van der Waals surface area contributed by atoms with E-state index in [9.17, 15) is 13.6 Å². The van der Waals surface area contributed by atoms with Gasteiger partial charge in [-0.3, -0.25) is 9.36 Å². The predicted molar refractivity (Wildman–Crippen MR) is 134 cm³/mol. The number of ether oxygens (including phenoxy) is 3. The highest BCUT2D eigenvalue weighted by atomic mass is 19.3. The number of amides is 1. The van der Waals surface area contributed by atoms with Gasteiger partial charge in [-0.2, -0.15) is 9.97 Å². The van der Waals surface area contributed by atoms with E-state index < -0.39 is 6.43 Å². The molecule has 3 aliphatic rings. The number of aromatic nitrogens is 4. The molecular weight excluding hydrogens is 498 g/mol. The molecule has 1 amide bonds. The molecule has 0 saturated carbocycles. The summed E-state index contributed by atoms with van der Waals surface area (Å²) in [7, 11) is 0. The van der Waals surface area contributed by atoms with Gasteiger partial charge < -0.3 is 24.0 Å². The van der Waals surface area contributed by atoms with E-state index in [-0.39, 0.29) is 29.6 Å². The maximum Gasteiger partial charge on any atom is 0.296 e. The molecule has 12 heteroatoms. The van der Waals surface area contributed by atoms with E-state index in [4.69, 9.17) is 14.2 Å². The van der Waals surface area contributed by atoms with Gasteiger partial charge in [0.15, 0.2) is 5.82 Å². The number of halogens is 2. The molecule has 3 saturated heterocycles. The second-order valence-corrected chi connectivity index (χ2v) is 9.81. The summed E-state index contributed by atoms with van der Waals surface area (Å²) in [5.74, 6) is 0.746. The van der Waals surface area contributed by atoms with Crippen molar-refractivity contribution >= 4 is 22.9 Å². The highest BCUT2D eigenvalue weighted by molar-refractivity contribution is 5.81. The minimum absolute atomic E-state index is 0.0513. The Morgan fingerprint density at radius 2 is 1.92 bits per heavy atom. The van der Waals surface area contributed by atoms with Crippen molar-refractivity contribution in [1.29, 1.82) is 0 Å². The number of likely N-dealkylation sites (tertiary alicyclic amines) is 1. The van der Waals surface area contributed by atoms with Crippen LogP contribution in [0.4, 0.5) is 14.7 Å². The smallest absolute Gasteiger partial charge is 0.296 e. The van der Waals surface area contributed by atoms with Gasteiger partial charge in [-0.1, -0.05) is 12.1 Å². The third kappa shape index (κ3) is 5.02. The third-order valence-corrected chi connectivity index (χ3v) is 7.25. The van der Waals surface area contributed by atoms with E-state index >= 15 is 0 Å². The molecule has 2 aromatic heterocycles. The fourth-order valence-electron chi connectivity index (χ4n) is 5.27. The quantitative estimate of drug-likeness (QED) is 0.462. The third-order valence-electron chi connectivity index (χ3n) is 7.25. The molecule has 3 aromatic rings. The lowest BCUT2D eigenvalue weighted by Crippen LogP contribution is -2.38. The molecular formula is C26H30F2N6O4. The Bertz CT molecular complexity index is 1290. The topological polar surface area (TPSA) is 94.8 Å². The SMILES string of the molecule is O=C([C@H]1CCCO1)N1CC[C@H](COc2cc(-n3c(C(F)F)nc4ccccc43)nc(N3CCOCC3)n2)C1. The van der Waals surface area contributed by atoms with Crippen LogP contribution in [0.3, 0.4) is 0 Å². The molecule has 5 heterocycles. The summed E-state index contributed by atoms with van der Waals surface area (Å²) in [4.78, 5) is 29.9. The summed E-state index contributed by atoms with van der Waals surface area (Å²) in [6.45, 7) is 4.45. The molecule has 0 N–H and O–H groups in total. The van der Waals surface area contributed by atoms with Gasteiger partial charge in [0.1, 0.15) is 11.9 Å². The van der Waals surface area contributed by atoms with Gasteiger partial charge in [0, 0.05) is 44.8 Å². The predicted octanol–water partition coefficient (Wildman–Crippen LogP) is 3.00.